The molecular weight excluding hydrogens is 476 g/mol. The summed E-state index contributed by atoms with van der Waals surface area (Å²) < 4.78 is 6.61. The van der Waals surface area contributed by atoms with E-state index < -0.39 is 11.0 Å². The van der Waals surface area contributed by atoms with Crippen molar-refractivity contribution in [3.63, 3.8) is 0 Å². The highest BCUT2D eigenvalue weighted by Crippen LogP contribution is 2.66. The van der Waals surface area contributed by atoms with Crippen LogP contribution in [-0.4, -0.2) is 69.8 Å². The number of carbonyl (C=O) groups is 1. The lowest BCUT2D eigenvalue weighted by molar-refractivity contribution is -0.200. The van der Waals surface area contributed by atoms with Crippen LogP contribution < -0.4 is 4.74 Å². The predicted octanol–water partition coefficient (Wildman–Crippen LogP) is 3.68. The number of aromatic hydroxyl groups is 1. The quantitative estimate of drug-likeness (QED) is 0.644. The summed E-state index contributed by atoms with van der Waals surface area (Å²) in [5.74, 6) is 1.43. The minimum atomic E-state index is -0.937. The Bertz CT molecular complexity index is 1230. The van der Waals surface area contributed by atoms with Gasteiger partial charge in [0.05, 0.1) is 23.5 Å². The zero-order chi connectivity index (χ0) is 24.8. The van der Waals surface area contributed by atoms with E-state index in [0.717, 1.165) is 43.0 Å². The number of carbonyl (C=O) groups excluding carboxylic acids is 1. The van der Waals surface area contributed by atoms with Crippen molar-refractivity contribution in [2.75, 3.05) is 20.1 Å². The summed E-state index contributed by atoms with van der Waals surface area (Å²) in [6.07, 6.45) is 5.32. The van der Waals surface area contributed by atoms with E-state index in [2.05, 4.69) is 4.90 Å². The van der Waals surface area contributed by atoms with Crippen molar-refractivity contribution in [2.45, 2.75) is 74.1 Å². The van der Waals surface area contributed by atoms with Crippen molar-refractivity contribution >= 4 is 17.5 Å². The standard InChI is InChI=1S/C29H33ClN2O4/c1-31(24(34)14-17-4-7-20(30)8-5-17)21-10-11-29(35)23-15-19-6-9-22(33)26-25(19)28(29,27(21)36-26)12-13-32(23)16-18-2-3-18/h4-9,18,21,23,27,33,35H,2-3,10-16H2,1H3/t21?,23-,27?,28+,29-/m1/s1. The molecule has 1 amide bonds. The molecule has 2 aliphatic heterocycles. The van der Waals surface area contributed by atoms with Crippen LogP contribution in [0.1, 0.15) is 48.8 Å². The molecule has 5 aliphatic rings. The number of nitrogens with zero attached hydrogens (tertiary/aromatic N) is 2. The molecule has 2 aromatic carbocycles. The molecule has 2 N–H and O–H groups in total. The molecule has 0 radical (unpaired) electrons. The summed E-state index contributed by atoms with van der Waals surface area (Å²) in [6, 6.07) is 11.0. The van der Waals surface area contributed by atoms with Gasteiger partial charge < -0.3 is 19.8 Å². The van der Waals surface area contributed by atoms with Gasteiger partial charge in [0, 0.05) is 30.2 Å². The van der Waals surface area contributed by atoms with Crippen LogP contribution in [0.4, 0.5) is 0 Å². The average Bonchev–Trinajstić information content (AvgIpc) is 3.60. The molecule has 6 nitrogen and oxygen atoms in total. The normalized spacial score (nSPS) is 34.1. The van der Waals surface area contributed by atoms with E-state index in [1.54, 1.807) is 6.07 Å². The fraction of sp³-hybridized carbons (Fsp3) is 0.552. The van der Waals surface area contributed by atoms with Gasteiger partial charge in [0.15, 0.2) is 11.5 Å². The molecule has 7 rings (SSSR count). The summed E-state index contributed by atoms with van der Waals surface area (Å²) in [5, 5.41) is 24.1. The van der Waals surface area contributed by atoms with Gasteiger partial charge in [-0.1, -0.05) is 29.8 Å². The maximum atomic E-state index is 13.4. The zero-order valence-electron chi connectivity index (χ0n) is 20.6. The third-order valence-corrected chi connectivity index (χ3v) is 10.1. The van der Waals surface area contributed by atoms with Crippen molar-refractivity contribution in [3.8, 4) is 11.5 Å². The minimum absolute atomic E-state index is 0.0201. The van der Waals surface area contributed by atoms with Crippen LogP contribution in [0.25, 0.3) is 0 Å². The van der Waals surface area contributed by atoms with Crippen LogP contribution in [0.2, 0.25) is 5.02 Å². The van der Waals surface area contributed by atoms with E-state index in [9.17, 15) is 15.0 Å². The van der Waals surface area contributed by atoms with E-state index >= 15 is 0 Å². The lowest BCUT2D eigenvalue weighted by Crippen LogP contribution is -2.78. The summed E-state index contributed by atoms with van der Waals surface area (Å²) in [5.41, 5.74) is 1.55. The largest absolute Gasteiger partial charge is 0.504 e. The molecule has 3 fully saturated rings. The van der Waals surface area contributed by atoms with Gasteiger partial charge in [0.25, 0.3) is 0 Å². The number of phenolic OH excluding ortho intramolecular Hbond substituents is 1. The number of ether oxygens (including phenoxy) is 1. The lowest BCUT2D eigenvalue weighted by atomic mass is 9.48. The highest BCUT2D eigenvalue weighted by atomic mass is 35.5. The second-order valence-electron chi connectivity index (χ2n) is 11.7. The average molecular weight is 509 g/mol. The summed E-state index contributed by atoms with van der Waals surface area (Å²) >= 11 is 6.03. The smallest absolute Gasteiger partial charge is 0.227 e. The molecule has 1 spiro atoms. The fourth-order valence-corrected chi connectivity index (χ4v) is 8.06. The second kappa shape index (κ2) is 7.86. The van der Waals surface area contributed by atoms with E-state index in [-0.39, 0.29) is 36.3 Å². The molecule has 0 aromatic heterocycles. The van der Waals surface area contributed by atoms with E-state index in [1.165, 1.54) is 18.4 Å². The highest BCUT2D eigenvalue weighted by Gasteiger charge is 2.73. The van der Waals surface area contributed by atoms with Crippen LogP contribution in [0.3, 0.4) is 0 Å². The van der Waals surface area contributed by atoms with Gasteiger partial charge in [-0.05, 0) is 80.3 Å². The maximum Gasteiger partial charge on any atom is 0.227 e. The number of rotatable bonds is 5. The Morgan fingerprint density at radius 2 is 1.94 bits per heavy atom. The summed E-state index contributed by atoms with van der Waals surface area (Å²) in [6.45, 7) is 1.96. The van der Waals surface area contributed by atoms with Gasteiger partial charge in [-0.25, -0.2) is 0 Å². The van der Waals surface area contributed by atoms with Gasteiger partial charge in [0.1, 0.15) is 6.10 Å². The molecule has 36 heavy (non-hydrogen) atoms. The zero-order valence-corrected chi connectivity index (χ0v) is 21.4. The van der Waals surface area contributed by atoms with E-state index in [0.29, 0.717) is 23.6 Å². The molecule has 2 aromatic rings. The first-order valence-corrected chi connectivity index (χ1v) is 13.7. The van der Waals surface area contributed by atoms with Gasteiger partial charge >= 0.3 is 0 Å². The molecule has 2 unspecified atom stereocenters. The van der Waals surface area contributed by atoms with Crippen molar-refractivity contribution in [2.24, 2.45) is 5.92 Å². The number of piperidine rings is 1. The molecule has 7 heteroatoms. The van der Waals surface area contributed by atoms with E-state index in [4.69, 9.17) is 16.3 Å². The lowest BCUT2D eigenvalue weighted by Gasteiger charge is -2.64. The van der Waals surface area contributed by atoms with Crippen molar-refractivity contribution in [1.29, 1.82) is 0 Å². The molecular formula is C29H33ClN2O4. The first kappa shape index (κ1) is 22.9. The van der Waals surface area contributed by atoms with Crippen LogP contribution in [0.15, 0.2) is 36.4 Å². The number of benzene rings is 2. The summed E-state index contributed by atoms with van der Waals surface area (Å²) in [4.78, 5) is 17.8. The number of hydrogen-bond donors (Lipinski definition) is 2. The summed E-state index contributed by atoms with van der Waals surface area (Å²) in [7, 11) is 1.86. The Hall–Kier alpha value is -2.28. The molecule has 2 heterocycles. The van der Waals surface area contributed by atoms with Crippen LogP contribution in [0, 0.1) is 5.92 Å². The first-order valence-electron chi connectivity index (χ1n) is 13.3. The van der Waals surface area contributed by atoms with Gasteiger partial charge in [0.2, 0.25) is 5.91 Å². The van der Waals surface area contributed by atoms with Crippen molar-refractivity contribution in [1.82, 2.24) is 9.80 Å². The monoisotopic (exact) mass is 508 g/mol. The van der Waals surface area contributed by atoms with Gasteiger partial charge in [-0.2, -0.15) is 0 Å². The van der Waals surface area contributed by atoms with Crippen LogP contribution >= 0.6 is 11.6 Å². The van der Waals surface area contributed by atoms with Crippen molar-refractivity contribution < 1.29 is 19.7 Å². The van der Waals surface area contributed by atoms with Gasteiger partial charge in [-0.15, -0.1) is 0 Å². The number of aliphatic hydroxyl groups is 1. The van der Waals surface area contributed by atoms with Gasteiger partial charge in [-0.3, -0.25) is 9.69 Å². The molecule has 2 bridgehead atoms. The highest BCUT2D eigenvalue weighted by molar-refractivity contribution is 6.30. The van der Waals surface area contributed by atoms with Crippen LogP contribution in [-0.2, 0) is 23.1 Å². The number of halogens is 1. The Kier molecular flexibility index (Phi) is 5.00. The molecule has 3 aliphatic carbocycles. The number of hydrogen-bond acceptors (Lipinski definition) is 5. The number of likely N-dealkylation sites (N-methyl/N-ethyl adjacent to an activating group) is 1. The predicted molar refractivity (Wildman–Crippen MR) is 137 cm³/mol. The number of phenols is 1. The topological polar surface area (TPSA) is 73.2 Å². The molecule has 5 atom stereocenters. The third-order valence-electron chi connectivity index (χ3n) is 9.89. The first-order chi connectivity index (χ1) is 17.3. The Labute approximate surface area is 216 Å². The Morgan fingerprint density at radius 1 is 1.17 bits per heavy atom. The Morgan fingerprint density at radius 3 is 2.69 bits per heavy atom. The Balaban J connectivity index is 1.26. The fourth-order valence-electron chi connectivity index (χ4n) is 7.94. The van der Waals surface area contributed by atoms with Crippen molar-refractivity contribution in [3.05, 3.63) is 58.1 Å². The van der Waals surface area contributed by atoms with Crippen LogP contribution in [0.5, 0.6) is 11.5 Å². The maximum absolute atomic E-state index is 13.4. The number of likely N-dealkylation sites (tertiary alicyclic amines) is 1. The van der Waals surface area contributed by atoms with E-state index in [1.807, 2.05) is 42.3 Å². The number of amides is 1. The second-order valence-corrected chi connectivity index (χ2v) is 12.1. The SMILES string of the molecule is CN(C(=O)Cc1ccc(Cl)cc1)C1CC[C@@]2(O)[C@H]3Cc4ccc(O)c5c4[C@@]2(CCN3CC2CC2)C1O5. The molecule has 190 valence electrons. The minimum Gasteiger partial charge on any atom is -0.504 e. The third kappa shape index (κ3) is 3.07. The molecule has 1 saturated heterocycles. The molecule has 2 saturated carbocycles.